The molecule has 2 N–H and O–H groups in total. The summed E-state index contributed by atoms with van der Waals surface area (Å²) >= 11 is 0. The number of aromatic nitrogens is 4. The number of nitrogens with zero attached hydrogens (tertiary/aromatic N) is 5. The second kappa shape index (κ2) is 9.28. The highest BCUT2D eigenvalue weighted by Crippen LogP contribution is 2.36. The van der Waals surface area contributed by atoms with Gasteiger partial charge in [0.1, 0.15) is 5.75 Å². The Kier molecular flexibility index (Phi) is 6.60. The largest absolute Gasteiger partial charge is 0.493 e. The van der Waals surface area contributed by atoms with E-state index < -0.39 is 12.0 Å². The van der Waals surface area contributed by atoms with Crippen molar-refractivity contribution < 1.29 is 17.9 Å². The molecule has 0 spiro atoms. The number of ether oxygens (including phenoxy) is 1. The van der Waals surface area contributed by atoms with Crippen LogP contribution in [0.3, 0.4) is 0 Å². The highest BCUT2D eigenvalue weighted by molar-refractivity contribution is 5.85. The normalized spacial score (nSPS) is 20.7. The summed E-state index contributed by atoms with van der Waals surface area (Å²) in [4.78, 5) is 2.28. The standard InChI is InChI=1S/C22H23F3N6O.ClH/c23-22(24,25)21-27-28-29-31(21)17-10-15-7-9-32-20(15)16(11-17)12-30-8-6-19(26)18(13-30)14-4-2-1-3-5-14;/h1-5,10-11,18-19H,6-9,12-13,26H2;1H. The van der Waals surface area contributed by atoms with Crippen LogP contribution in [0.5, 0.6) is 5.75 Å². The molecule has 1 fully saturated rings. The van der Waals surface area contributed by atoms with Gasteiger partial charge in [-0.15, -0.1) is 17.5 Å². The van der Waals surface area contributed by atoms with Crippen molar-refractivity contribution >= 4 is 12.4 Å². The van der Waals surface area contributed by atoms with Gasteiger partial charge in [-0.25, -0.2) is 0 Å². The number of fused-ring (bicyclic) bond motifs is 1. The van der Waals surface area contributed by atoms with Gasteiger partial charge in [0, 0.05) is 43.6 Å². The molecule has 1 saturated heterocycles. The molecule has 3 heterocycles. The number of likely N-dealkylation sites (tertiary alicyclic amines) is 1. The van der Waals surface area contributed by atoms with Crippen LogP contribution in [0.15, 0.2) is 42.5 Å². The van der Waals surface area contributed by atoms with E-state index in [0.717, 1.165) is 41.1 Å². The van der Waals surface area contributed by atoms with E-state index in [1.807, 2.05) is 18.2 Å². The number of nitrogens with two attached hydrogens (primary N) is 1. The lowest BCUT2D eigenvalue weighted by atomic mass is 9.86. The summed E-state index contributed by atoms with van der Waals surface area (Å²) in [7, 11) is 0. The minimum absolute atomic E-state index is 0. The summed E-state index contributed by atoms with van der Waals surface area (Å²) in [6.07, 6.45) is -3.17. The molecule has 1 aromatic heterocycles. The summed E-state index contributed by atoms with van der Waals surface area (Å²) in [5.74, 6) is -0.199. The van der Waals surface area contributed by atoms with Crippen LogP contribution in [0.2, 0.25) is 0 Å². The molecule has 0 saturated carbocycles. The zero-order valence-electron chi connectivity index (χ0n) is 17.7. The Balaban J connectivity index is 0.00000259. The summed E-state index contributed by atoms with van der Waals surface area (Å²) in [6.45, 7) is 2.63. The SMILES string of the molecule is Cl.NC1CCN(Cc2cc(-n3nnnc3C(F)(F)F)cc3c2OCC3)CC1c1ccccc1. The van der Waals surface area contributed by atoms with Gasteiger partial charge in [0.05, 0.1) is 12.3 Å². The van der Waals surface area contributed by atoms with E-state index in [1.54, 1.807) is 12.1 Å². The highest BCUT2D eigenvalue weighted by atomic mass is 35.5. The van der Waals surface area contributed by atoms with Crippen LogP contribution >= 0.6 is 12.4 Å². The molecule has 2 atom stereocenters. The molecular formula is C22H24ClF3N6O. The van der Waals surface area contributed by atoms with Crippen LogP contribution in [0.1, 0.15) is 34.9 Å². The topological polar surface area (TPSA) is 82.1 Å². The summed E-state index contributed by atoms with van der Waals surface area (Å²) in [5.41, 5.74) is 9.61. The first-order valence-corrected chi connectivity index (χ1v) is 10.6. The molecule has 2 unspecified atom stereocenters. The number of benzene rings is 2. The van der Waals surface area contributed by atoms with Gasteiger partial charge in [0.2, 0.25) is 0 Å². The third-order valence-electron chi connectivity index (χ3n) is 6.19. The molecule has 0 bridgehead atoms. The van der Waals surface area contributed by atoms with Crippen molar-refractivity contribution in [2.45, 2.75) is 37.5 Å². The van der Waals surface area contributed by atoms with Gasteiger partial charge < -0.3 is 10.5 Å². The van der Waals surface area contributed by atoms with Crippen LogP contribution in [-0.4, -0.2) is 50.8 Å². The first-order chi connectivity index (χ1) is 15.4. The first kappa shape index (κ1) is 23.5. The van der Waals surface area contributed by atoms with Gasteiger partial charge in [0.25, 0.3) is 5.82 Å². The molecule has 2 aromatic carbocycles. The molecular weight excluding hydrogens is 457 g/mol. The van der Waals surface area contributed by atoms with E-state index in [2.05, 4.69) is 32.6 Å². The van der Waals surface area contributed by atoms with Gasteiger partial charge in [-0.05, 0) is 40.1 Å². The predicted molar refractivity (Wildman–Crippen MR) is 118 cm³/mol. The monoisotopic (exact) mass is 480 g/mol. The zero-order valence-corrected chi connectivity index (χ0v) is 18.5. The van der Waals surface area contributed by atoms with E-state index in [9.17, 15) is 13.2 Å². The third kappa shape index (κ3) is 4.68. The van der Waals surface area contributed by atoms with E-state index in [0.29, 0.717) is 19.6 Å². The van der Waals surface area contributed by atoms with Gasteiger partial charge in [-0.2, -0.15) is 17.9 Å². The number of halogens is 4. The molecule has 33 heavy (non-hydrogen) atoms. The predicted octanol–water partition coefficient (Wildman–Crippen LogP) is 3.35. The van der Waals surface area contributed by atoms with Crippen LogP contribution in [-0.2, 0) is 19.1 Å². The Morgan fingerprint density at radius 3 is 2.70 bits per heavy atom. The molecule has 7 nitrogen and oxygen atoms in total. The molecule has 0 aliphatic carbocycles. The minimum Gasteiger partial charge on any atom is -0.493 e. The number of hydrogen-bond acceptors (Lipinski definition) is 6. The fourth-order valence-electron chi connectivity index (χ4n) is 4.62. The number of alkyl halides is 3. The maximum atomic E-state index is 13.3. The Morgan fingerprint density at radius 2 is 1.94 bits per heavy atom. The molecule has 5 rings (SSSR count). The lowest BCUT2D eigenvalue weighted by Gasteiger charge is -2.37. The van der Waals surface area contributed by atoms with Gasteiger partial charge >= 0.3 is 6.18 Å². The summed E-state index contributed by atoms with van der Waals surface area (Å²) in [6, 6.07) is 13.6. The van der Waals surface area contributed by atoms with Crippen molar-refractivity contribution in [1.29, 1.82) is 0 Å². The third-order valence-corrected chi connectivity index (χ3v) is 6.19. The quantitative estimate of drug-likeness (QED) is 0.616. The van der Waals surface area contributed by atoms with Crippen LogP contribution < -0.4 is 10.5 Å². The van der Waals surface area contributed by atoms with Gasteiger partial charge in [-0.1, -0.05) is 30.3 Å². The van der Waals surface area contributed by atoms with E-state index in [4.69, 9.17) is 10.5 Å². The van der Waals surface area contributed by atoms with Crippen LogP contribution in [0, 0.1) is 0 Å². The van der Waals surface area contributed by atoms with E-state index in [-0.39, 0.29) is 30.1 Å². The second-order valence-corrected chi connectivity index (χ2v) is 8.31. The fraction of sp³-hybridized carbons (Fsp3) is 0.409. The van der Waals surface area contributed by atoms with Crippen LogP contribution in [0.4, 0.5) is 13.2 Å². The number of piperidine rings is 1. The highest BCUT2D eigenvalue weighted by Gasteiger charge is 2.39. The van der Waals surface area contributed by atoms with Crippen molar-refractivity contribution in [3.63, 3.8) is 0 Å². The minimum atomic E-state index is -4.65. The lowest BCUT2D eigenvalue weighted by molar-refractivity contribution is -0.146. The Labute approximate surface area is 195 Å². The van der Waals surface area contributed by atoms with E-state index in [1.165, 1.54) is 5.56 Å². The van der Waals surface area contributed by atoms with Gasteiger partial charge in [-0.3, -0.25) is 4.90 Å². The lowest BCUT2D eigenvalue weighted by Crippen LogP contribution is -2.45. The molecule has 11 heteroatoms. The molecule has 0 amide bonds. The molecule has 3 aromatic rings. The summed E-state index contributed by atoms with van der Waals surface area (Å²) < 4.78 is 46.6. The van der Waals surface area contributed by atoms with Crippen molar-refractivity contribution in [3.05, 3.63) is 65.0 Å². The maximum absolute atomic E-state index is 13.3. The fourth-order valence-corrected chi connectivity index (χ4v) is 4.62. The van der Waals surface area contributed by atoms with Crippen molar-refractivity contribution in [2.75, 3.05) is 19.7 Å². The van der Waals surface area contributed by atoms with Gasteiger partial charge in [0.15, 0.2) is 0 Å². The van der Waals surface area contributed by atoms with E-state index >= 15 is 0 Å². The average molecular weight is 481 g/mol. The number of hydrogen-bond donors (Lipinski definition) is 1. The van der Waals surface area contributed by atoms with Crippen molar-refractivity contribution in [1.82, 2.24) is 25.1 Å². The Morgan fingerprint density at radius 1 is 1.15 bits per heavy atom. The molecule has 2 aliphatic rings. The Bertz CT molecular complexity index is 1110. The number of rotatable bonds is 4. The van der Waals surface area contributed by atoms with Crippen molar-refractivity contribution in [2.24, 2.45) is 5.73 Å². The maximum Gasteiger partial charge on any atom is 0.453 e. The van der Waals surface area contributed by atoms with Crippen molar-refractivity contribution in [3.8, 4) is 11.4 Å². The number of tetrazole rings is 1. The second-order valence-electron chi connectivity index (χ2n) is 8.31. The first-order valence-electron chi connectivity index (χ1n) is 10.6. The summed E-state index contributed by atoms with van der Waals surface area (Å²) in [5, 5.41) is 10.0. The molecule has 176 valence electrons. The smallest absolute Gasteiger partial charge is 0.453 e. The average Bonchev–Trinajstić information content (AvgIpc) is 3.45. The van der Waals surface area contributed by atoms with Crippen LogP contribution in [0.25, 0.3) is 5.69 Å². The zero-order chi connectivity index (χ0) is 22.3. The molecule has 2 aliphatic heterocycles. The Hall–Kier alpha value is -2.69. The molecule has 0 radical (unpaired) electrons.